The second kappa shape index (κ2) is 4.11. The third-order valence-corrected chi connectivity index (χ3v) is 3.61. The fourth-order valence-corrected chi connectivity index (χ4v) is 2.65. The molecule has 0 spiro atoms. The van der Waals surface area contributed by atoms with E-state index in [0.717, 1.165) is 18.0 Å². The van der Waals surface area contributed by atoms with Gasteiger partial charge in [-0.1, -0.05) is 11.8 Å². The highest BCUT2D eigenvalue weighted by Crippen LogP contribution is 2.30. The Morgan fingerprint density at radius 1 is 1.38 bits per heavy atom. The number of nitrogens with zero attached hydrogens (tertiary/aromatic N) is 2. The van der Waals surface area contributed by atoms with Crippen molar-refractivity contribution in [1.29, 1.82) is 0 Å². The van der Waals surface area contributed by atoms with E-state index >= 15 is 0 Å². The van der Waals surface area contributed by atoms with Gasteiger partial charge in [0.2, 0.25) is 0 Å². The summed E-state index contributed by atoms with van der Waals surface area (Å²) < 4.78 is 0. The van der Waals surface area contributed by atoms with Crippen LogP contribution in [0.2, 0.25) is 0 Å². The number of hydrogen-bond donors (Lipinski definition) is 2. The van der Waals surface area contributed by atoms with E-state index in [-0.39, 0.29) is 0 Å². The van der Waals surface area contributed by atoms with Crippen molar-refractivity contribution in [2.75, 3.05) is 0 Å². The molecule has 13 heavy (non-hydrogen) atoms. The van der Waals surface area contributed by atoms with Crippen LogP contribution in [0.1, 0.15) is 25.7 Å². The van der Waals surface area contributed by atoms with Gasteiger partial charge in [-0.15, -0.1) is 0 Å². The molecule has 0 bridgehead atoms. The first-order valence-electron chi connectivity index (χ1n) is 4.62. The second-order valence-corrected chi connectivity index (χ2v) is 4.73. The molecule has 1 aromatic heterocycles. The maximum atomic E-state index is 5.83. The summed E-state index contributed by atoms with van der Waals surface area (Å²) in [5, 5.41) is 8.29. The van der Waals surface area contributed by atoms with Gasteiger partial charge in [0.25, 0.3) is 0 Å². The number of aromatic nitrogens is 3. The van der Waals surface area contributed by atoms with Gasteiger partial charge in [-0.05, 0) is 25.7 Å². The van der Waals surface area contributed by atoms with Gasteiger partial charge in [-0.3, -0.25) is 5.10 Å². The summed E-state index contributed by atoms with van der Waals surface area (Å²) in [6, 6.07) is 0.423. The topological polar surface area (TPSA) is 67.6 Å². The molecule has 4 nitrogen and oxygen atoms in total. The summed E-state index contributed by atoms with van der Waals surface area (Å²) in [6.45, 7) is 0. The lowest BCUT2D eigenvalue weighted by Gasteiger charge is -2.24. The van der Waals surface area contributed by atoms with E-state index in [9.17, 15) is 0 Å². The molecule has 1 aromatic rings. The minimum Gasteiger partial charge on any atom is -0.328 e. The fourth-order valence-electron chi connectivity index (χ4n) is 1.62. The summed E-state index contributed by atoms with van der Waals surface area (Å²) in [5.74, 6) is 0. The molecule has 3 N–H and O–H groups in total. The smallest absolute Gasteiger partial charge is 0.183 e. The number of aromatic amines is 1. The van der Waals surface area contributed by atoms with Gasteiger partial charge in [0, 0.05) is 11.3 Å². The molecule has 1 heterocycles. The van der Waals surface area contributed by atoms with Crippen molar-refractivity contribution >= 4 is 11.8 Å². The first-order valence-corrected chi connectivity index (χ1v) is 5.50. The molecule has 1 saturated carbocycles. The van der Waals surface area contributed by atoms with Crippen LogP contribution in [0.3, 0.4) is 0 Å². The third kappa shape index (κ3) is 2.45. The van der Waals surface area contributed by atoms with Crippen LogP contribution in [0.15, 0.2) is 11.5 Å². The van der Waals surface area contributed by atoms with Gasteiger partial charge >= 0.3 is 0 Å². The van der Waals surface area contributed by atoms with Crippen molar-refractivity contribution in [1.82, 2.24) is 15.2 Å². The van der Waals surface area contributed by atoms with Crippen molar-refractivity contribution in [3.8, 4) is 0 Å². The van der Waals surface area contributed by atoms with Gasteiger partial charge in [0.05, 0.1) is 0 Å². The summed E-state index contributed by atoms with van der Waals surface area (Å²) >= 11 is 1.79. The van der Waals surface area contributed by atoms with Crippen LogP contribution >= 0.6 is 11.8 Å². The molecule has 0 atom stereocenters. The Labute approximate surface area is 81.7 Å². The van der Waals surface area contributed by atoms with E-state index in [2.05, 4.69) is 15.2 Å². The highest BCUT2D eigenvalue weighted by Gasteiger charge is 2.19. The summed E-state index contributed by atoms with van der Waals surface area (Å²) in [5.41, 5.74) is 5.83. The Balaban J connectivity index is 1.83. The third-order valence-electron chi connectivity index (χ3n) is 2.39. The molecule has 1 fully saturated rings. The average molecular weight is 198 g/mol. The molecule has 2 rings (SSSR count). The van der Waals surface area contributed by atoms with E-state index in [1.807, 2.05) is 0 Å². The number of H-pyrrole nitrogens is 1. The predicted octanol–water partition coefficient (Wildman–Crippen LogP) is 1.17. The molecular weight excluding hydrogens is 184 g/mol. The van der Waals surface area contributed by atoms with Crippen molar-refractivity contribution in [3.05, 3.63) is 6.33 Å². The molecule has 1 aliphatic carbocycles. The van der Waals surface area contributed by atoms with Gasteiger partial charge in [-0.2, -0.15) is 5.10 Å². The van der Waals surface area contributed by atoms with Gasteiger partial charge in [0.15, 0.2) is 5.16 Å². The van der Waals surface area contributed by atoms with Crippen molar-refractivity contribution in [3.63, 3.8) is 0 Å². The van der Waals surface area contributed by atoms with Gasteiger partial charge in [-0.25, -0.2) is 4.98 Å². The highest BCUT2D eigenvalue weighted by molar-refractivity contribution is 7.99. The lowest BCUT2D eigenvalue weighted by molar-refractivity contribution is 0.450. The molecule has 0 aromatic carbocycles. The van der Waals surface area contributed by atoms with Crippen LogP contribution in [0, 0.1) is 0 Å². The molecule has 0 unspecified atom stereocenters. The summed E-state index contributed by atoms with van der Waals surface area (Å²) in [7, 11) is 0. The fraction of sp³-hybridized carbons (Fsp3) is 0.750. The van der Waals surface area contributed by atoms with Gasteiger partial charge < -0.3 is 5.73 Å². The van der Waals surface area contributed by atoms with Crippen molar-refractivity contribution < 1.29 is 0 Å². The molecule has 0 aliphatic heterocycles. The molecule has 0 saturated heterocycles. The highest BCUT2D eigenvalue weighted by atomic mass is 32.2. The van der Waals surface area contributed by atoms with Crippen LogP contribution in [0.5, 0.6) is 0 Å². The Bertz CT molecular complexity index is 241. The molecule has 0 amide bonds. The number of nitrogens with one attached hydrogen (secondary N) is 1. The zero-order chi connectivity index (χ0) is 9.10. The van der Waals surface area contributed by atoms with Crippen LogP contribution < -0.4 is 5.73 Å². The lowest BCUT2D eigenvalue weighted by Crippen LogP contribution is -2.27. The Morgan fingerprint density at radius 2 is 2.15 bits per heavy atom. The Hall–Kier alpha value is -0.550. The minimum absolute atomic E-state index is 0.423. The first-order chi connectivity index (χ1) is 6.34. The maximum absolute atomic E-state index is 5.83. The van der Waals surface area contributed by atoms with Gasteiger partial charge in [0.1, 0.15) is 6.33 Å². The number of nitrogens with two attached hydrogens (primary N) is 1. The zero-order valence-electron chi connectivity index (χ0n) is 7.44. The monoisotopic (exact) mass is 198 g/mol. The van der Waals surface area contributed by atoms with E-state index < -0.39 is 0 Å². The zero-order valence-corrected chi connectivity index (χ0v) is 8.26. The lowest BCUT2D eigenvalue weighted by atomic mass is 9.96. The van der Waals surface area contributed by atoms with E-state index in [4.69, 9.17) is 5.73 Å². The largest absolute Gasteiger partial charge is 0.328 e. The van der Waals surface area contributed by atoms with Crippen molar-refractivity contribution in [2.24, 2.45) is 5.73 Å². The van der Waals surface area contributed by atoms with E-state index in [1.165, 1.54) is 12.8 Å². The van der Waals surface area contributed by atoms with Crippen LogP contribution in [0.25, 0.3) is 0 Å². The van der Waals surface area contributed by atoms with Crippen molar-refractivity contribution in [2.45, 2.75) is 42.1 Å². The van der Waals surface area contributed by atoms with Crippen LogP contribution in [-0.4, -0.2) is 26.5 Å². The molecular formula is C8H14N4S. The first kappa shape index (κ1) is 9.02. The predicted molar refractivity (Wildman–Crippen MR) is 52.5 cm³/mol. The molecule has 0 radical (unpaired) electrons. The van der Waals surface area contributed by atoms with E-state index in [1.54, 1.807) is 18.1 Å². The summed E-state index contributed by atoms with van der Waals surface area (Å²) in [4.78, 5) is 4.09. The molecule has 1 aliphatic rings. The van der Waals surface area contributed by atoms with Crippen LogP contribution in [0.4, 0.5) is 0 Å². The molecule has 72 valence electrons. The number of hydrogen-bond acceptors (Lipinski definition) is 4. The second-order valence-electron chi connectivity index (χ2n) is 3.45. The Morgan fingerprint density at radius 3 is 2.77 bits per heavy atom. The standard InChI is InChI=1S/C8H14N4S/c9-6-1-3-7(4-2-6)13-8-10-5-11-12-8/h5-7H,1-4,9H2,(H,10,11,12). The number of thioether (sulfide) groups is 1. The SMILES string of the molecule is NC1CCC(Sc2ncn[nH]2)CC1. The summed E-state index contributed by atoms with van der Waals surface area (Å²) in [6.07, 6.45) is 6.24. The Kier molecular flexibility index (Phi) is 2.85. The average Bonchev–Trinajstić information content (AvgIpc) is 2.62. The molecule has 5 heteroatoms. The number of rotatable bonds is 2. The van der Waals surface area contributed by atoms with E-state index in [0.29, 0.717) is 11.3 Å². The van der Waals surface area contributed by atoms with Crippen LogP contribution in [-0.2, 0) is 0 Å². The minimum atomic E-state index is 0.423. The quantitative estimate of drug-likeness (QED) is 0.748. The maximum Gasteiger partial charge on any atom is 0.183 e. The normalized spacial score (nSPS) is 29.0.